The molecule has 1 atom stereocenters. The highest BCUT2D eigenvalue weighted by atomic mass is 35.5. The summed E-state index contributed by atoms with van der Waals surface area (Å²) in [6.45, 7) is 0.859. The zero-order valence-corrected chi connectivity index (χ0v) is 16.0. The second-order valence-electron chi connectivity index (χ2n) is 5.64. The van der Waals surface area contributed by atoms with Gasteiger partial charge in [-0.15, -0.1) is 22.7 Å². The highest BCUT2D eigenvalue weighted by Crippen LogP contribution is 2.36. The molecule has 4 rings (SSSR count). The molecule has 3 heterocycles. The number of likely N-dealkylation sites (tertiary alicyclic amines) is 1. The number of thioether (sulfide) groups is 1. The Morgan fingerprint density at radius 1 is 1.42 bits per heavy atom. The lowest BCUT2D eigenvalue weighted by atomic mass is 10.2. The number of nitrogens with zero attached hydrogens (tertiary/aromatic N) is 2. The number of fused-ring (bicyclic) bond motifs is 1. The maximum atomic E-state index is 12.7. The van der Waals surface area contributed by atoms with Crippen LogP contribution >= 0.6 is 46.0 Å². The topological polar surface area (TPSA) is 33.2 Å². The summed E-state index contributed by atoms with van der Waals surface area (Å²) < 4.78 is 2.03. The number of aromatic nitrogens is 1. The van der Waals surface area contributed by atoms with Gasteiger partial charge < -0.3 is 4.90 Å². The Labute approximate surface area is 157 Å². The largest absolute Gasteiger partial charge is 0.334 e. The molecule has 24 heavy (non-hydrogen) atoms. The van der Waals surface area contributed by atoms with Crippen molar-refractivity contribution in [2.45, 2.75) is 23.2 Å². The Morgan fingerprint density at radius 2 is 2.33 bits per heavy atom. The average Bonchev–Trinajstić information content (AvgIpc) is 3.30. The van der Waals surface area contributed by atoms with Crippen LogP contribution in [0.2, 0.25) is 5.02 Å². The monoisotopic (exact) mass is 394 g/mol. The minimum absolute atomic E-state index is 0.202. The van der Waals surface area contributed by atoms with E-state index in [1.165, 1.54) is 16.6 Å². The van der Waals surface area contributed by atoms with E-state index in [9.17, 15) is 4.79 Å². The predicted molar refractivity (Wildman–Crippen MR) is 103 cm³/mol. The minimum atomic E-state index is 0.202. The summed E-state index contributed by atoms with van der Waals surface area (Å²) >= 11 is 10.9. The fraction of sp³-hybridized carbons (Fsp3) is 0.294. The lowest BCUT2D eigenvalue weighted by molar-refractivity contribution is -0.129. The Bertz CT molecular complexity index is 862. The third kappa shape index (κ3) is 3.33. The van der Waals surface area contributed by atoms with Crippen molar-refractivity contribution in [1.82, 2.24) is 9.88 Å². The number of amides is 1. The van der Waals surface area contributed by atoms with Crippen LogP contribution in [0.3, 0.4) is 0 Å². The normalized spacial score (nSPS) is 17.7. The molecule has 3 aromatic rings. The summed E-state index contributed by atoms with van der Waals surface area (Å²) in [7, 11) is 0. The lowest BCUT2D eigenvalue weighted by Crippen LogP contribution is -2.31. The molecule has 124 valence electrons. The van der Waals surface area contributed by atoms with Crippen LogP contribution in [-0.2, 0) is 4.79 Å². The maximum absolute atomic E-state index is 12.7. The van der Waals surface area contributed by atoms with Crippen LogP contribution in [0.5, 0.6) is 0 Å². The second-order valence-corrected chi connectivity index (χ2v) is 9.31. The van der Waals surface area contributed by atoms with Gasteiger partial charge in [0.05, 0.1) is 22.0 Å². The van der Waals surface area contributed by atoms with E-state index in [4.69, 9.17) is 11.6 Å². The molecule has 0 radical (unpaired) electrons. The summed E-state index contributed by atoms with van der Waals surface area (Å²) in [5.74, 6) is 0.642. The van der Waals surface area contributed by atoms with Crippen LogP contribution in [0.15, 0.2) is 40.1 Å². The highest BCUT2D eigenvalue weighted by molar-refractivity contribution is 8.01. The van der Waals surface area contributed by atoms with Gasteiger partial charge in [0, 0.05) is 16.4 Å². The summed E-state index contributed by atoms with van der Waals surface area (Å²) in [6, 6.07) is 10.2. The van der Waals surface area contributed by atoms with Crippen LogP contribution < -0.4 is 0 Å². The second kappa shape index (κ2) is 7.04. The first-order chi connectivity index (χ1) is 11.7. The number of carbonyl (C=O) groups excluding carboxylic acids is 1. The van der Waals surface area contributed by atoms with Crippen LogP contribution in [0, 0.1) is 0 Å². The van der Waals surface area contributed by atoms with Crippen LogP contribution in [0.25, 0.3) is 10.2 Å². The molecule has 1 saturated heterocycles. The van der Waals surface area contributed by atoms with Gasteiger partial charge in [-0.3, -0.25) is 4.79 Å². The van der Waals surface area contributed by atoms with Crippen molar-refractivity contribution in [3.8, 4) is 0 Å². The van der Waals surface area contributed by atoms with Gasteiger partial charge in [0.2, 0.25) is 5.91 Å². The smallest absolute Gasteiger partial charge is 0.233 e. The van der Waals surface area contributed by atoms with E-state index in [0.717, 1.165) is 33.9 Å². The summed E-state index contributed by atoms with van der Waals surface area (Å²) in [5, 5.41) is 2.77. The van der Waals surface area contributed by atoms with Crippen molar-refractivity contribution in [2.24, 2.45) is 0 Å². The zero-order valence-electron chi connectivity index (χ0n) is 12.8. The number of thiophene rings is 1. The molecule has 0 bridgehead atoms. The Kier molecular flexibility index (Phi) is 4.81. The summed E-state index contributed by atoms with van der Waals surface area (Å²) in [6.07, 6.45) is 2.15. The number of thiazole rings is 1. The van der Waals surface area contributed by atoms with Crippen LogP contribution in [-0.4, -0.2) is 28.1 Å². The van der Waals surface area contributed by atoms with Gasteiger partial charge in [0.15, 0.2) is 4.34 Å². The lowest BCUT2D eigenvalue weighted by Gasteiger charge is -2.23. The van der Waals surface area contributed by atoms with E-state index < -0.39 is 0 Å². The Morgan fingerprint density at radius 3 is 3.17 bits per heavy atom. The third-order valence-electron chi connectivity index (χ3n) is 4.09. The quantitative estimate of drug-likeness (QED) is 0.550. The SMILES string of the molecule is O=C(CSc1nc2cc(Cl)ccc2s1)N1CCCC1c1cccs1. The first kappa shape index (κ1) is 16.4. The van der Waals surface area contributed by atoms with Crippen molar-refractivity contribution in [3.05, 3.63) is 45.6 Å². The van der Waals surface area contributed by atoms with Crippen molar-refractivity contribution in [2.75, 3.05) is 12.3 Å². The minimum Gasteiger partial charge on any atom is -0.334 e. The molecular weight excluding hydrogens is 380 g/mol. The van der Waals surface area contributed by atoms with Crippen molar-refractivity contribution in [1.29, 1.82) is 0 Å². The molecule has 0 aliphatic carbocycles. The molecule has 0 saturated carbocycles. The molecular formula is C17H15ClN2OS3. The Balaban J connectivity index is 1.43. The van der Waals surface area contributed by atoms with E-state index in [-0.39, 0.29) is 11.9 Å². The molecule has 1 unspecified atom stereocenters. The number of halogens is 1. The van der Waals surface area contributed by atoms with Crippen LogP contribution in [0.1, 0.15) is 23.8 Å². The molecule has 2 aromatic heterocycles. The summed E-state index contributed by atoms with van der Waals surface area (Å²) in [5.41, 5.74) is 0.903. The number of hydrogen-bond donors (Lipinski definition) is 0. The molecule has 1 fully saturated rings. The molecule has 0 spiro atoms. The number of rotatable bonds is 4. The molecule has 0 N–H and O–H groups in total. The highest BCUT2D eigenvalue weighted by Gasteiger charge is 2.30. The van der Waals surface area contributed by atoms with E-state index in [1.807, 2.05) is 23.1 Å². The van der Waals surface area contributed by atoms with Gasteiger partial charge in [-0.1, -0.05) is 29.4 Å². The van der Waals surface area contributed by atoms with Crippen molar-refractivity contribution < 1.29 is 4.79 Å². The average molecular weight is 395 g/mol. The van der Waals surface area contributed by atoms with E-state index in [1.54, 1.807) is 22.7 Å². The standard InChI is InChI=1S/C17H15ClN2OS3/c18-11-5-6-14-12(9-11)19-17(24-14)23-10-16(21)20-7-1-3-13(20)15-4-2-8-22-15/h2,4-6,8-9,13H,1,3,7,10H2. The molecule has 1 aliphatic rings. The van der Waals surface area contributed by atoms with Crippen molar-refractivity contribution in [3.63, 3.8) is 0 Å². The van der Waals surface area contributed by atoms with Gasteiger partial charge in [0.25, 0.3) is 0 Å². The number of hydrogen-bond acceptors (Lipinski definition) is 5. The first-order valence-electron chi connectivity index (χ1n) is 7.72. The fourth-order valence-corrected chi connectivity index (χ4v) is 5.96. The molecule has 1 amide bonds. The third-order valence-corrected chi connectivity index (χ3v) is 7.47. The maximum Gasteiger partial charge on any atom is 0.233 e. The zero-order chi connectivity index (χ0) is 16.5. The van der Waals surface area contributed by atoms with Gasteiger partial charge >= 0.3 is 0 Å². The molecule has 3 nitrogen and oxygen atoms in total. The van der Waals surface area contributed by atoms with Gasteiger partial charge in [0.1, 0.15) is 0 Å². The number of benzene rings is 1. The molecule has 1 aliphatic heterocycles. The summed E-state index contributed by atoms with van der Waals surface area (Å²) in [4.78, 5) is 20.6. The van der Waals surface area contributed by atoms with Gasteiger partial charge in [-0.05, 0) is 42.5 Å². The van der Waals surface area contributed by atoms with Crippen molar-refractivity contribution >= 4 is 62.2 Å². The van der Waals surface area contributed by atoms with E-state index >= 15 is 0 Å². The van der Waals surface area contributed by atoms with E-state index in [0.29, 0.717) is 10.8 Å². The fourth-order valence-electron chi connectivity index (χ4n) is 2.99. The molecule has 1 aromatic carbocycles. The Hall–Kier alpha value is -1.08. The molecule has 7 heteroatoms. The van der Waals surface area contributed by atoms with Gasteiger partial charge in [-0.25, -0.2) is 4.98 Å². The first-order valence-corrected chi connectivity index (χ1v) is 10.8. The predicted octanol–water partition coefficient (Wildman–Crippen LogP) is 5.47. The van der Waals surface area contributed by atoms with Gasteiger partial charge in [-0.2, -0.15) is 0 Å². The van der Waals surface area contributed by atoms with E-state index in [2.05, 4.69) is 22.5 Å². The van der Waals surface area contributed by atoms with Crippen LogP contribution in [0.4, 0.5) is 0 Å². The number of carbonyl (C=O) groups is 1.